The van der Waals surface area contributed by atoms with Crippen LogP contribution in [0.4, 0.5) is 4.79 Å². The number of benzene rings is 1. The Hall–Kier alpha value is -3.54. The molecule has 9 heteroatoms. The van der Waals surface area contributed by atoms with Crippen molar-refractivity contribution in [2.75, 3.05) is 7.05 Å². The second kappa shape index (κ2) is 12.3. The number of carbonyl (C=O) groups is 4. The van der Waals surface area contributed by atoms with E-state index in [9.17, 15) is 19.2 Å². The molecular formula is C29H40N4O5. The molecule has 5 atom stereocenters. The minimum absolute atomic E-state index is 0.0687. The van der Waals surface area contributed by atoms with Gasteiger partial charge in [-0.2, -0.15) is 0 Å². The first-order valence-corrected chi connectivity index (χ1v) is 13.3. The number of likely N-dealkylation sites (N-methyl/N-ethyl adjacent to an activating group) is 1. The van der Waals surface area contributed by atoms with Crippen LogP contribution in [-0.2, 0) is 19.1 Å². The van der Waals surface area contributed by atoms with E-state index in [0.717, 1.165) is 24.8 Å². The summed E-state index contributed by atoms with van der Waals surface area (Å²) in [5.41, 5.74) is 0.0983. The number of hydrogen-bond acceptors (Lipinski definition) is 5. The highest BCUT2D eigenvalue weighted by Crippen LogP contribution is 2.32. The smallest absolute Gasteiger partial charge is 0.410 e. The van der Waals surface area contributed by atoms with Gasteiger partial charge in [-0.3, -0.25) is 19.3 Å². The summed E-state index contributed by atoms with van der Waals surface area (Å²) in [5.74, 6) is 1.60. The van der Waals surface area contributed by atoms with Crippen LogP contribution in [0.25, 0.3) is 0 Å². The molecule has 38 heavy (non-hydrogen) atoms. The van der Waals surface area contributed by atoms with Crippen LogP contribution in [0.2, 0.25) is 0 Å². The van der Waals surface area contributed by atoms with Gasteiger partial charge in [0, 0.05) is 13.1 Å². The Morgan fingerprint density at radius 1 is 1.11 bits per heavy atom. The molecule has 1 aromatic rings. The Morgan fingerprint density at radius 3 is 2.39 bits per heavy atom. The molecule has 2 N–H and O–H groups in total. The summed E-state index contributed by atoms with van der Waals surface area (Å²) in [7, 11) is 1.49. The average molecular weight is 525 g/mol. The molecule has 3 rings (SSSR count). The number of rotatable bonds is 6. The van der Waals surface area contributed by atoms with Gasteiger partial charge >= 0.3 is 6.09 Å². The fourth-order valence-corrected chi connectivity index (χ4v) is 4.99. The Bertz CT molecular complexity index is 1060. The average Bonchev–Trinajstić information content (AvgIpc) is 3.29. The van der Waals surface area contributed by atoms with Gasteiger partial charge in [0.15, 0.2) is 0 Å². The van der Waals surface area contributed by atoms with Crippen molar-refractivity contribution in [3.8, 4) is 12.3 Å². The van der Waals surface area contributed by atoms with Crippen molar-refractivity contribution < 1.29 is 23.9 Å². The van der Waals surface area contributed by atoms with Crippen LogP contribution >= 0.6 is 0 Å². The third kappa shape index (κ3) is 7.06. The van der Waals surface area contributed by atoms with Crippen LogP contribution in [0.1, 0.15) is 77.8 Å². The largest absolute Gasteiger partial charge is 0.444 e. The van der Waals surface area contributed by atoms with E-state index in [0.29, 0.717) is 19.3 Å². The van der Waals surface area contributed by atoms with E-state index in [4.69, 9.17) is 11.2 Å². The first kappa shape index (κ1) is 29.0. The summed E-state index contributed by atoms with van der Waals surface area (Å²) in [4.78, 5) is 55.5. The highest BCUT2D eigenvalue weighted by atomic mass is 16.6. The van der Waals surface area contributed by atoms with Crippen LogP contribution in [0.15, 0.2) is 30.3 Å². The number of nitrogens with one attached hydrogen (secondary N) is 2. The van der Waals surface area contributed by atoms with Crippen LogP contribution in [0, 0.1) is 12.3 Å². The topological polar surface area (TPSA) is 108 Å². The maximum absolute atomic E-state index is 13.8. The summed E-state index contributed by atoms with van der Waals surface area (Å²) in [6.07, 6.45) is 9.28. The molecular weight excluding hydrogens is 484 g/mol. The van der Waals surface area contributed by atoms with Crippen molar-refractivity contribution in [1.29, 1.82) is 0 Å². The van der Waals surface area contributed by atoms with Crippen LogP contribution in [0.3, 0.4) is 0 Å². The number of hydrogen-bond donors (Lipinski definition) is 2. The molecule has 1 aromatic carbocycles. The molecule has 0 radical (unpaired) electrons. The zero-order valence-corrected chi connectivity index (χ0v) is 23.0. The predicted molar refractivity (Wildman–Crippen MR) is 144 cm³/mol. The van der Waals surface area contributed by atoms with Gasteiger partial charge in [-0.25, -0.2) is 4.79 Å². The SMILES string of the molecule is C#C[C@@H](NC(=O)[C@@H]1CC[C@@H]2CCCC[C@H](NC(=O)[C@H](C)N(C)C(=O)OC(C)(C)C)C(=O)N21)c1ccccc1. The highest BCUT2D eigenvalue weighted by molar-refractivity contribution is 5.94. The second-order valence-corrected chi connectivity index (χ2v) is 11.1. The fraction of sp³-hybridized carbons (Fsp3) is 0.586. The maximum Gasteiger partial charge on any atom is 0.410 e. The van der Waals surface area contributed by atoms with E-state index in [1.165, 1.54) is 11.9 Å². The van der Waals surface area contributed by atoms with E-state index in [-0.39, 0.29) is 17.9 Å². The summed E-state index contributed by atoms with van der Waals surface area (Å²) in [5, 5.41) is 5.76. The molecule has 2 saturated heterocycles. The number of terminal acetylenes is 1. The highest BCUT2D eigenvalue weighted by Gasteiger charge is 2.44. The molecule has 0 aliphatic carbocycles. The van der Waals surface area contributed by atoms with Gasteiger partial charge in [0.05, 0.1) is 0 Å². The van der Waals surface area contributed by atoms with E-state index in [1.807, 2.05) is 30.3 Å². The van der Waals surface area contributed by atoms with Crippen molar-refractivity contribution in [3.05, 3.63) is 35.9 Å². The number of nitrogens with zero attached hydrogens (tertiary/aromatic N) is 2. The van der Waals surface area contributed by atoms with Gasteiger partial charge in [0.2, 0.25) is 17.7 Å². The molecule has 0 spiro atoms. The summed E-state index contributed by atoms with van der Waals surface area (Å²) in [6.45, 7) is 6.84. The number of amides is 4. The van der Waals surface area contributed by atoms with Crippen LogP contribution in [-0.4, -0.2) is 70.4 Å². The minimum Gasteiger partial charge on any atom is -0.444 e. The third-order valence-electron chi connectivity index (χ3n) is 7.18. The lowest BCUT2D eigenvalue weighted by molar-refractivity contribution is -0.144. The summed E-state index contributed by atoms with van der Waals surface area (Å²) < 4.78 is 5.36. The minimum atomic E-state index is -0.848. The molecule has 0 bridgehead atoms. The fourth-order valence-electron chi connectivity index (χ4n) is 4.99. The predicted octanol–water partition coefficient (Wildman–Crippen LogP) is 3.15. The quantitative estimate of drug-likeness (QED) is 0.556. The standard InChI is InChI=1S/C29H40N4O5/c1-7-22(20-13-9-8-10-14-20)30-26(35)24-18-17-21-15-11-12-16-23(27(36)33(21)24)31-25(34)19(2)32(6)28(37)38-29(3,4)5/h1,8-10,13-14,19,21-24H,11-12,15-18H2,2-6H3,(H,30,35)(H,31,34)/t19-,21-,22+,23-,24-/m0/s1. The molecule has 0 saturated carbocycles. The van der Waals surface area contributed by atoms with Gasteiger partial charge < -0.3 is 20.3 Å². The molecule has 206 valence electrons. The van der Waals surface area contributed by atoms with E-state index < -0.39 is 41.8 Å². The molecule has 2 aliphatic heterocycles. The van der Waals surface area contributed by atoms with Gasteiger partial charge in [-0.15, -0.1) is 6.42 Å². The number of ether oxygens (including phenoxy) is 1. The van der Waals surface area contributed by atoms with Crippen molar-refractivity contribution >= 4 is 23.8 Å². The monoisotopic (exact) mass is 524 g/mol. The first-order chi connectivity index (χ1) is 17.9. The maximum atomic E-state index is 13.8. The molecule has 4 amide bonds. The van der Waals surface area contributed by atoms with Crippen molar-refractivity contribution in [2.24, 2.45) is 0 Å². The Morgan fingerprint density at radius 2 is 1.76 bits per heavy atom. The van der Waals surface area contributed by atoms with Gasteiger partial charge in [-0.05, 0) is 58.9 Å². The normalized spacial score (nSPS) is 23.1. The van der Waals surface area contributed by atoms with E-state index in [2.05, 4.69) is 16.6 Å². The lowest BCUT2D eigenvalue weighted by Crippen LogP contribution is -2.58. The van der Waals surface area contributed by atoms with Gasteiger partial charge in [0.25, 0.3) is 0 Å². The molecule has 2 aliphatic rings. The zero-order valence-electron chi connectivity index (χ0n) is 23.0. The summed E-state index contributed by atoms with van der Waals surface area (Å²) in [6, 6.07) is 6.32. The molecule has 0 unspecified atom stereocenters. The molecule has 2 fully saturated rings. The van der Waals surface area contributed by atoms with E-state index in [1.54, 1.807) is 32.6 Å². The Kier molecular flexibility index (Phi) is 9.42. The van der Waals surface area contributed by atoms with Gasteiger partial charge in [0.1, 0.15) is 29.8 Å². The molecule has 0 aromatic heterocycles. The third-order valence-corrected chi connectivity index (χ3v) is 7.18. The van der Waals surface area contributed by atoms with Crippen molar-refractivity contribution in [2.45, 2.75) is 102 Å². The number of carbonyl (C=O) groups excluding carboxylic acids is 4. The second-order valence-electron chi connectivity index (χ2n) is 11.1. The van der Waals surface area contributed by atoms with Gasteiger partial charge in [-0.1, -0.05) is 49.1 Å². The van der Waals surface area contributed by atoms with Crippen molar-refractivity contribution in [3.63, 3.8) is 0 Å². The summed E-state index contributed by atoms with van der Waals surface area (Å²) >= 11 is 0. The lowest BCUT2D eigenvalue weighted by atomic mass is 9.98. The molecule has 2 heterocycles. The zero-order chi connectivity index (χ0) is 28.0. The Labute approximate surface area is 225 Å². The lowest BCUT2D eigenvalue weighted by Gasteiger charge is -2.36. The van der Waals surface area contributed by atoms with Crippen LogP contribution in [0.5, 0.6) is 0 Å². The molecule has 9 nitrogen and oxygen atoms in total. The van der Waals surface area contributed by atoms with Crippen LogP contribution < -0.4 is 10.6 Å². The Balaban J connectivity index is 1.71. The number of fused-ring (bicyclic) bond motifs is 1. The first-order valence-electron chi connectivity index (χ1n) is 13.3. The van der Waals surface area contributed by atoms with E-state index >= 15 is 0 Å². The van der Waals surface area contributed by atoms with Crippen molar-refractivity contribution in [1.82, 2.24) is 20.4 Å².